The first-order valence-electron chi connectivity index (χ1n) is 7.72. The van der Waals surface area contributed by atoms with Gasteiger partial charge in [-0.25, -0.2) is 0 Å². The summed E-state index contributed by atoms with van der Waals surface area (Å²) in [6.07, 6.45) is 4.71. The van der Waals surface area contributed by atoms with Crippen molar-refractivity contribution in [3.63, 3.8) is 0 Å². The molecule has 0 radical (unpaired) electrons. The maximum absolute atomic E-state index is 12.3. The van der Waals surface area contributed by atoms with Gasteiger partial charge in [0.15, 0.2) is 0 Å². The number of hydrogen-bond acceptors (Lipinski definition) is 4. The Hall–Kier alpha value is -2.21. The zero-order chi connectivity index (χ0) is 15.4. The Morgan fingerprint density at radius 1 is 1.32 bits per heavy atom. The van der Waals surface area contributed by atoms with Gasteiger partial charge in [0, 0.05) is 37.7 Å². The van der Waals surface area contributed by atoms with E-state index in [2.05, 4.69) is 10.2 Å². The van der Waals surface area contributed by atoms with Crippen LogP contribution in [0.5, 0.6) is 0 Å². The van der Waals surface area contributed by atoms with E-state index >= 15 is 0 Å². The highest BCUT2D eigenvalue weighted by Gasteiger charge is 2.21. The SMILES string of the molecule is N[C@@H]1CCCN(C(=O)CCc2nncn2-c2ccccc2)C1. The molecule has 1 aromatic carbocycles. The molecule has 0 saturated carbocycles. The summed E-state index contributed by atoms with van der Waals surface area (Å²) >= 11 is 0. The van der Waals surface area contributed by atoms with E-state index in [1.54, 1.807) is 6.33 Å². The maximum atomic E-state index is 12.3. The minimum Gasteiger partial charge on any atom is -0.341 e. The van der Waals surface area contributed by atoms with Crippen LogP contribution in [0.25, 0.3) is 5.69 Å². The fraction of sp³-hybridized carbons (Fsp3) is 0.438. The molecule has 2 aromatic rings. The van der Waals surface area contributed by atoms with E-state index in [1.165, 1.54) is 0 Å². The third kappa shape index (κ3) is 3.33. The van der Waals surface area contributed by atoms with Gasteiger partial charge in [-0.1, -0.05) is 18.2 Å². The number of piperidine rings is 1. The van der Waals surface area contributed by atoms with Crippen molar-refractivity contribution < 1.29 is 4.79 Å². The summed E-state index contributed by atoms with van der Waals surface area (Å²) < 4.78 is 1.93. The van der Waals surface area contributed by atoms with Gasteiger partial charge in [-0.3, -0.25) is 9.36 Å². The van der Waals surface area contributed by atoms with Gasteiger partial charge < -0.3 is 10.6 Å². The van der Waals surface area contributed by atoms with Gasteiger partial charge in [0.05, 0.1) is 0 Å². The summed E-state index contributed by atoms with van der Waals surface area (Å²) in [6, 6.07) is 10.0. The van der Waals surface area contributed by atoms with Gasteiger partial charge in [-0.2, -0.15) is 0 Å². The number of carbonyl (C=O) groups is 1. The largest absolute Gasteiger partial charge is 0.341 e. The lowest BCUT2D eigenvalue weighted by atomic mass is 10.1. The number of para-hydroxylation sites is 1. The van der Waals surface area contributed by atoms with Gasteiger partial charge in [0.25, 0.3) is 0 Å². The first kappa shape index (κ1) is 14.7. The molecular weight excluding hydrogens is 278 g/mol. The van der Waals surface area contributed by atoms with E-state index in [0.717, 1.165) is 30.9 Å². The van der Waals surface area contributed by atoms with Crippen molar-refractivity contribution in [2.45, 2.75) is 31.7 Å². The van der Waals surface area contributed by atoms with Crippen molar-refractivity contribution in [2.24, 2.45) is 5.73 Å². The topological polar surface area (TPSA) is 77.0 Å². The number of hydrogen-bond donors (Lipinski definition) is 1. The Morgan fingerprint density at radius 2 is 2.14 bits per heavy atom. The van der Waals surface area contributed by atoms with Crippen LogP contribution in [0.3, 0.4) is 0 Å². The van der Waals surface area contributed by atoms with Crippen LogP contribution in [0.1, 0.15) is 25.1 Å². The summed E-state index contributed by atoms with van der Waals surface area (Å²) in [4.78, 5) is 14.2. The highest BCUT2D eigenvalue weighted by molar-refractivity contribution is 5.76. The highest BCUT2D eigenvalue weighted by Crippen LogP contribution is 2.13. The molecule has 0 spiro atoms. The number of carbonyl (C=O) groups excluding carboxylic acids is 1. The van der Waals surface area contributed by atoms with Crippen molar-refractivity contribution in [1.82, 2.24) is 19.7 Å². The predicted molar refractivity (Wildman–Crippen MR) is 83.5 cm³/mol. The van der Waals surface area contributed by atoms with Gasteiger partial charge in [0.1, 0.15) is 12.2 Å². The summed E-state index contributed by atoms with van der Waals surface area (Å²) in [6.45, 7) is 1.49. The van der Waals surface area contributed by atoms with Crippen LogP contribution in [0.15, 0.2) is 36.7 Å². The molecule has 1 atom stereocenters. The van der Waals surface area contributed by atoms with E-state index < -0.39 is 0 Å². The Kier molecular flexibility index (Phi) is 4.48. The lowest BCUT2D eigenvalue weighted by Crippen LogP contribution is -2.45. The highest BCUT2D eigenvalue weighted by atomic mass is 16.2. The average molecular weight is 299 g/mol. The average Bonchev–Trinajstić information content (AvgIpc) is 3.02. The van der Waals surface area contributed by atoms with Crippen LogP contribution in [0.4, 0.5) is 0 Å². The molecule has 0 aliphatic carbocycles. The number of rotatable bonds is 4. The molecule has 116 valence electrons. The van der Waals surface area contributed by atoms with Crippen molar-refractivity contribution in [3.8, 4) is 5.69 Å². The predicted octanol–water partition coefficient (Wildman–Crippen LogP) is 1.15. The second-order valence-electron chi connectivity index (χ2n) is 5.69. The zero-order valence-electron chi connectivity index (χ0n) is 12.6. The van der Waals surface area contributed by atoms with E-state index in [1.807, 2.05) is 39.8 Å². The molecule has 0 bridgehead atoms. The van der Waals surface area contributed by atoms with E-state index in [-0.39, 0.29) is 11.9 Å². The van der Waals surface area contributed by atoms with Crippen molar-refractivity contribution in [1.29, 1.82) is 0 Å². The number of aromatic nitrogens is 3. The van der Waals surface area contributed by atoms with Gasteiger partial charge in [0.2, 0.25) is 5.91 Å². The summed E-state index contributed by atoms with van der Waals surface area (Å²) in [5, 5.41) is 8.11. The molecule has 6 heteroatoms. The quantitative estimate of drug-likeness (QED) is 0.918. The lowest BCUT2D eigenvalue weighted by molar-refractivity contribution is -0.132. The molecule has 1 aromatic heterocycles. The molecule has 1 fully saturated rings. The van der Waals surface area contributed by atoms with Crippen molar-refractivity contribution in [2.75, 3.05) is 13.1 Å². The number of benzene rings is 1. The second-order valence-corrected chi connectivity index (χ2v) is 5.69. The van der Waals surface area contributed by atoms with Gasteiger partial charge >= 0.3 is 0 Å². The minimum absolute atomic E-state index is 0.116. The molecule has 6 nitrogen and oxygen atoms in total. The molecule has 1 aliphatic rings. The number of nitrogens with two attached hydrogens (primary N) is 1. The van der Waals surface area contributed by atoms with Crippen LogP contribution in [0, 0.1) is 0 Å². The maximum Gasteiger partial charge on any atom is 0.223 e. The normalized spacial score (nSPS) is 18.4. The Balaban J connectivity index is 1.63. The monoisotopic (exact) mass is 299 g/mol. The Morgan fingerprint density at radius 3 is 2.91 bits per heavy atom. The first-order chi connectivity index (χ1) is 10.7. The zero-order valence-corrected chi connectivity index (χ0v) is 12.6. The molecule has 3 rings (SSSR count). The van der Waals surface area contributed by atoms with Gasteiger partial charge in [-0.05, 0) is 25.0 Å². The van der Waals surface area contributed by atoms with Crippen LogP contribution >= 0.6 is 0 Å². The third-order valence-corrected chi connectivity index (χ3v) is 4.03. The number of amides is 1. The molecule has 22 heavy (non-hydrogen) atoms. The molecule has 1 saturated heterocycles. The van der Waals surface area contributed by atoms with Crippen molar-refractivity contribution >= 4 is 5.91 Å². The molecule has 2 N–H and O–H groups in total. The second kappa shape index (κ2) is 6.70. The third-order valence-electron chi connectivity index (χ3n) is 4.03. The van der Waals surface area contributed by atoms with Crippen LogP contribution in [0.2, 0.25) is 0 Å². The standard InChI is InChI=1S/C16H21N5O/c17-13-5-4-10-20(11-13)16(22)9-8-15-19-18-12-21(15)14-6-2-1-3-7-14/h1-3,6-7,12-13H,4-5,8-11,17H2/t13-/m1/s1. The van der Waals surface area contributed by atoms with Crippen molar-refractivity contribution in [3.05, 3.63) is 42.5 Å². The number of aryl methyl sites for hydroxylation is 1. The molecule has 2 heterocycles. The fourth-order valence-electron chi connectivity index (χ4n) is 2.85. The minimum atomic E-state index is 0.116. The first-order valence-corrected chi connectivity index (χ1v) is 7.72. The molecule has 1 aliphatic heterocycles. The smallest absolute Gasteiger partial charge is 0.223 e. The van der Waals surface area contributed by atoms with Crippen LogP contribution in [-0.4, -0.2) is 44.7 Å². The number of likely N-dealkylation sites (tertiary alicyclic amines) is 1. The fourth-order valence-corrected chi connectivity index (χ4v) is 2.85. The summed E-state index contributed by atoms with van der Waals surface area (Å²) in [5.41, 5.74) is 6.94. The Labute approximate surface area is 129 Å². The Bertz CT molecular complexity index is 624. The lowest BCUT2D eigenvalue weighted by Gasteiger charge is -2.30. The summed E-state index contributed by atoms with van der Waals surface area (Å²) in [5.74, 6) is 0.957. The summed E-state index contributed by atoms with van der Waals surface area (Å²) in [7, 11) is 0. The molecule has 1 amide bonds. The van der Waals surface area contributed by atoms with E-state index in [4.69, 9.17) is 5.73 Å². The molecule has 0 unspecified atom stereocenters. The van der Waals surface area contributed by atoms with E-state index in [0.29, 0.717) is 19.4 Å². The number of nitrogens with zero attached hydrogens (tertiary/aromatic N) is 4. The van der Waals surface area contributed by atoms with Crippen LogP contribution in [-0.2, 0) is 11.2 Å². The van der Waals surface area contributed by atoms with Gasteiger partial charge in [-0.15, -0.1) is 10.2 Å². The van der Waals surface area contributed by atoms with Crippen LogP contribution < -0.4 is 5.73 Å². The molecular formula is C16H21N5O. The van der Waals surface area contributed by atoms with E-state index in [9.17, 15) is 4.79 Å².